The fraction of sp³-hybridized carbons (Fsp3) is 0.429. The van der Waals surface area contributed by atoms with Crippen molar-refractivity contribution in [3.05, 3.63) is 29.3 Å². The molecule has 0 spiro atoms. The van der Waals surface area contributed by atoms with E-state index in [1.807, 2.05) is 6.92 Å². The highest BCUT2D eigenvalue weighted by molar-refractivity contribution is 9.10. The summed E-state index contributed by atoms with van der Waals surface area (Å²) in [6.07, 6.45) is 0.999. The summed E-state index contributed by atoms with van der Waals surface area (Å²) in [6, 6.07) is 4.58. The first-order valence-electron chi connectivity index (χ1n) is 6.07. The molecule has 0 aromatic heterocycles. The Morgan fingerprint density at radius 2 is 2.05 bits per heavy atom. The van der Waals surface area contributed by atoms with Crippen LogP contribution in [0.3, 0.4) is 0 Å². The van der Waals surface area contributed by atoms with E-state index in [1.165, 1.54) is 19.1 Å². The Hall–Kier alpha value is -1.36. The van der Waals surface area contributed by atoms with Crippen LogP contribution in [0.15, 0.2) is 18.2 Å². The third-order valence-electron chi connectivity index (χ3n) is 2.69. The van der Waals surface area contributed by atoms with Gasteiger partial charge in [0, 0.05) is 18.9 Å². The van der Waals surface area contributed by atoms with Gasteiger partial charge in [0.15, 0.2) is 11.5 Å². The number of rotatable bonds is 6. The van der Waals surface area contributed by atoms with Crippen LogP contribution >= 0.6 is 15.9 Å². The molecule has 0 heterocycles. The molecule has 0 amide bonds. The molecule has 0 aliphatic rings. The van der Waals surface area contributed by atoms with E-state index in [0.29, 0.717) is 24.0 Å². The van der Waals surface area contributed by atoms with Crippen LogP contribution in [-0.2, 0) is 21.1 Å². The highest BCUT2D eigenvalue weighted by Gasteiger charge is 2.18. The van der Waals surface area contributed by atoms with Gasteiger partial charge >= 0.3 is 5.97 Å². The lowest BCUT2D eigenvalue weighted by molar-refractivity contribution is -0.140. The van der Waals surface area contributed by atoms with Crippen LogP contribution in [-0.4, -0.2) is 23.2 Å². The van der Waals surface area contributed by atoms with Gasteiger partial charge in [-0.25, -0.2) is 0 Å². The molecule has 0 N–H and O–H groups in total. The number of halogens is 1. The smallest absolute Gasteiger partial charge is 0.302 e. The fourth-order valence-electron chi connectivity index (χ4n) is 1.63. The van der Waals surface area contributed by atoms with Crippen molar-refractivity contribution < 1.29 is 19.4 Å². The molecule has 1 atom stereocenters. The summed E-state index contributed by atoms with van der Waals surface area (Å²) in [6.45, 7) is 3.39. The first-order valence-corrected chi connectivity index (χ1v) is 6.98. The topological polar surface area (TPSA) is 63.3 Å². The molecule has 5 heteroatoms. The fourth-order valence-corrected chi connectivity index (χ4v) is 2.08. The van der Waals surface area contributed by atoms with Gasteiger partial charge in [-0.3, -0.25) is 14.7 Å². The number of benzene rings is 1. The van der Waals surface area contributed by atoms with E-state index in [4.69, 9.17) is 4.74 Å². The minimum Gasteiger partial charge on any atom is -0.466 e. The zero-order chi connectivity index (χ0) is 14.4. The van der Waals surface area contributed by atoms with Crippen molar-refractivity contribution in [2.45, 2.75) is 31.5 Å². The molecule has 0 aliphatic carbocycles. The van der Waals surface area contributed by atoms with Crippen LogP contribution in [0.4, 0.5) is 0 Å². The number of Topliss-reactive ketones (excluding diaryl/α,β-unsaturated/α-hetero) is 1. The lowest BCUT2D eigenvalue weighted by atomic mass is 10.0. The predicted octanol–water partition coefficient (Wildman–Crippen LogP) is 3.29. The molecule has 1 radical (unpaired) electrons. The van der Waals surface area contributed by atoms with Gasteiger partial charge in [-0.15, -0.1) is 0 Å². The predicted molar refractivity (Wildman–Crippen MR) is 74.2 cm³/mol. The maximum Gasteiger partial charge on any atom is 0.302 e. The van der Waals surface area contributed by atoms with Crippen LogP contribution in [0.25, 0.3) is 0 Å². The molecule has 0 bridgehead atoms. The number of carbonyl (C=O) groups excluding carboxylic acids is 2. The molecule has 0 saturated heterocycles. The Bertz CT molecular complexity index is 471. The van der Waals surface area contributed by atoms with Gasteiger partial charge in [-0.1, -0.05) is 22.9 Å². The molecule has 103 valence electrons. The lowest BCUT2D eigenvalue weighted by Gasteiger charge is -2.10. The monoisotopic (exact) mass is 327 g/mol. The van der Waals surface area contributed by atoms with E-state index in [1.54, 1.807) is 6.07 Å². The van der Waals surface area contributed by atoms with Gasteiger partial charge < -0.3 is 4.74 Å². The van der Waals surface area contributed by atoms with Crippen molar-refractivity contribution >= 4 is 27.7 Å². The molecular formula is C14H16BrO4. The molecule has 0 saturated carbocycles. The number of aryl methyl sites for hydroxylation is 1. The molecule has 4 nitrogen and oxygen atoms in total. The average molecular weight is 328 g/mol. The summed E-state index contributed by atoms with van der Waals surface area (Å²) < 4.78 is 4.79. The number of carbonyl (C=O) groups is 2. The van der Waals surface area contributed by atoms with E-state index in [2.05, 4.69) is 15.9 Å². The number of alkyl halides is 1. The number of hydrogen-bond donors (Lipinski definition) is 0. The summed E-state index contributed by atoms with van der Waals surface area (Å²) in [5, 5.41) is 11.5. The summed E-state index contributed by atoms with van der Waals surface area (Å²) in [5.41, 5.74) is 1.13. The van der Waals surface area contributed by atoms with Crippen LogP contribution in [0, 0.1) is 0 Å². The SMILES string of the molecule is CCc1cc(C(=O)C(Br)CCOC(C)=O)ccc1[O]. The standard InChI is InChI=1S/C14H16BrO4/c1-3-10-8-11(4-5-13(10)17)14(18)12(15)6-7-19-9(2)16/h4-5,8,12H,3,6-7H2,1-2H3. The lowest BCUT2D eigenvalue weighted by Crippen LogP contribution is -2.17. The van der Waals surface area contributed by atoms with Gasteiger partial charge in [0.1, 0.15) is 0 Å². The van der Waals surface area contributed by atoms with E-state index in [9.17, 15) is 14.7 Å². The maximum absolute atomic E-state index is 12.1. The third kappa shape index (κ3) is 4.67. The van der Waals surface area contributed by atoms with Crippen molar-refractivity contribution in [2.75, 3.05) is 6.61 Å². The van der Waals surface area contributed by atoms with Gasteiger partial charge in [0.05, 0.1) is 11.4 Å². The first-order chi connectivity index (χ1) is 8.95. The van der Waals surface area contributed by atoms with Crippen molar-refractivity contribution in [1.82, 2.24) is 0 Å². The van der Waals surface area contributed by atoms with Gasteiger partial charge in [0.25, 0.3) is 0 Å². The van der Waals surface area contributed by atoms with Crippen molar-refractivity contribution in [1.29, 1.82) is 0 Å². The van der Waals surface area contributed by atoms with Crippen LogP contribution < -0.4 is 0 Å². The second-order valence-corrected chi connectivity index (χ2v) is 5.24. The van der Waals surface area contributed by atoms with Gasteiger partial charge in [-0.05, 0) is 30.2 Å². The zero-order valence-corrected chi connectivity index (χ0v) is 12.5. The zero-order valence-electron chi connectivity index (χ0n) is 10.9. The highest BCUT2D eigenvalue weighted by atomic mass is 79.9. The third-order valence-corrected chi connectivity index (χ3v) is 3.56. The molecule has 1 aromatic carbocycles. The largest absolute Gasteiger partial charge is 0.466 e. The molecule has 1 aromatic rings. The molecule has 0 aliphatic heterocycles. The normalized spacial score (nSPS) is 11.9. The second-order valence-electron chi connectivity index (χ2n) is 4.14. The summed E-state index contributed by atoms with van der Waals surface area (Å²) >= 11 is 3.28. The summed E-state index contributed by atoms with van der Waals surface area (Å²) in [7, 11) is 0. The van der Waals surface area contributed by atoms with Crippen LogP contribution in [0.5, 0.6) is 5.75 Å². The Labute approximate surface area is 120 Å². The van der Waals surface area contributed by atoms with Crippen molar-refractivity contribution in [3.8, 4) is 5.75 Å². The minimum atomic E-state index is -0.422. The van der Waals surface area contributed by atoms with Crippen molar-refractivity contribution in [2.24, 2.45) is 0 Å². The average Bonchev–Trinajstić information content (AvgIpc) is 2.38. The van der Waals surface area contributed by atoms with Gasteiger partial charge in [0.2, 0.25) is 0 Å². The minimum absolute atomic E-state index is 0.0508. The Balaban J connectivity index is 2.68. The quantitative estimate of drug-likeness (QED) is 0.457. The Morgan fingerprint density at radius 3 is 2.63 bits per heavy atom. The number of ketones is 1. The van der Waals surface area contributed by atoms with Crippen LogP contribution in [0.2, 0.25) is 0 Å². The van der Waals surface area contributed by atoms with Gasteiger partial charge in [-0.2, -0.15) is 0 Å². The summed E-state index contributed by atoms with van der Waals surface area (Å²) in [4.78, 5) is 22.3. The first kappa shape index (κ1) is 15.7. The maximum atomic E-state index is 12.1. The van der Waals surface area contributed by atoms with Crippen molar-refractivity contribution in [3.63, 3.8) is 0 Å². The number of ether oxygens (including phenoxy) is 1. The van der Waals surface area contributed by atoms with E-state index < -0.39 is 4.83 Å². The van der Waals surface area contributed by atoms with Crippen LogP contribution in [0.1, 0.15) is 36.2 Å². The number of esters is 1. The summed E-state index contributed by atoms with van der Waals surface area (Å²) in [5.74, 6) is -0.525. The van der Waals surface area contributed by atoms with E-state index in [-0.39, 0.29) is 24.1 Å². The molecule has 19 heavy (non-hydrogen) atoms. The molecular weight excluding hydrogens is 312 g/mol. The van der Waals surface area contributed by atoms with E-state index >= 15 is 0 Å². The molecule has 1 unspecified atom stereocenters. The number of hydrogen-bond acceptors (Lipinski definition) is 3. The Kier molecular flexibility index (Phi) is 6.02. The second kappa shape index (κ2) is 7.28. The molecule has 1 rings (SSSR count). The van der Waals surface area contributed by atoms with E-state index in [0.717, 1.165) is 0 Å². The highest BCUT2D eigenvalue weighted by Crippen LogP contribution is 2.22. The Morgan fingerprint density at radius 1 is 1.37 bits per heavy atom. The molecule has 0 fully saturated rings.